The summed E-state index contributed by atoms with van der Waals surface area (Å²) >= 11 is 0. The molecule has 0 spiro atoms. The predicted octanol–water partition coefficient (Wildman–Crippen LogP) is 1.17. The van der Waals surface area contributed by atoms with E-state index in [2.05, 4.69) is 24.1 Å². The Morgan fingerprint density at radius 2 is 1.94 bits per heavy atom. The van der Waals surface area contributed by atoms with Gasteiger partial charge in [-0.05, 0) is 31.1 Å². The number of aliphatic carboxylic acids is 1. The van der Waals surface area contributed by atoms with Crippen LogP contribution in [-0.4, -0.2) is 47.7 Å². The number of hydrogen-bond acceptors (Lipinski definition) is 3. The van der Waals surface area contributed by atoms with E-state index in [4.69, 9.17) is 5.11 Å². The van der Waals surface area contributed by atoms with Crippen molar-refractivity contribution in [1.29, 1.82) is 0 Å². The number of carboxylic acid groups (broad SMARTS) is 1. The normalized spacial score (nSPS) is 31.6. The molecule has 98 valence electrons. The van der Waals surface area contributed by atoms with Crippen LogP contribution < -0.4 is 5.32 Å². The third-order valence-corrected chi connectivity index (χ3v) is 4.11. The first-order valence-electron chi connectivity index (χ1n) is 6.77. The highest BCUT2D eigenvalue weighted by molar-refractivity contribution is 5.73. The fourth-order valence-corrected chi connectivity index (χ4v) is 2.56. The zero-order chi connectivity index (χ0) is 12.4. The van der Waals surface area contributed by atoms with E-state index in [0.29, 0.717) is 6.04 Å². The zero-order valence-electron chi connectivity index (χ0n) is 10.9. The molecule has 17 heavy (non-hydrogen) atoms. The highest BCUT2D eigenvalue weighted by Gasteiger charge is 2.30. The van der Waals surface area contributed by atoms with Gasteiger partial charge in [0.25, 0.3) is 0 Å². The van der Waals surface area contributed by atoms with Crippen LogP contribution in [0.2, 0.25) is 0 Å². The molecule has 0 amide bonds. The van der Waals surface area contributed by atoms with Crippen LogP contribution in [-0.2, 0) is 4.79 Å². The molecular formula is C13H24N2O2. The minimum atomic E-state index is -0.697. The Labute approximate surface area is 103 Å². The van der Waals surface area contributed by atoms with Gasteiger partial charge in [0.05, 0.1) is 0 Å². The van der Waals surface area contributed by atoms with Crippen LogP contribution in [0.5, 0.6) is 0 Å². The van der Waals surface area contributed by atoms with Crippen LogP contribution in [0, 0.1) is 11.8 Å². The summed E-state index contributed by atoms with van der Waals surface area (Å²) < 4.78 is 0. The van der Waals surface area contributed by atoms with Gasteiger partial charge in [-0.2, -0.15) is 0 Å². The van der Waals surface area contributed by atoms with Crippen LogP contribution in [0.4, 0.5) is 0 Å². The number of nitrogens with zero attached hydrogens (tertiary/aromatic N) is 1. The van der Waals surface area contributed by atoms with Gasteiger partial charge in [-0.3, -0.25) is 4.79 Å². The zero-order valence-corrected chi connectivity index (χ0v) is 10.9. The molecule has 0 aromatic rings. The second-order valence-corrected chi connectivity index (χ2v) is 5.83. The molecule has 1 saturated carbocycles. The minimum Gasteiger partial charge on any atom is -0.480 e. The molecule has 1 heterocycles. The second kappa shape index (κ2) is 5.36. The number of carboxylic acids is 1. The summed E-state index contributed by atoms with van der Waals surface area (Å²) in [5.74, 6) is 0.793. The van der Waals surface area contributed by atoms with Gasteiger partial charge in [0.1, 0.15) is 6.04 Å². The van der Waals surface area contributed by atoms with E-state index in [1.807, 2.05) is 0 Å². The lowest BCUT2D eigenvalue weighted by Crippen LogP contribution is -2.40. The number of rotatable bonds is 6. The molecule has 0 radical (unpaired) electrons. The van der Waals surface area contributed by atoms with Gasteiger partial charge in [-0.15, -0.1) is 0 Å². The van der Waals surface area contributed by atoms with Crippen LogP contribution in [0.3, 0.4) is 0 Å². The first-order valence-corrected chi connectivity index (χ1v) is 6.77. The average Bonchev–Trinajstić information content (AvgIpc) is 3.01. The van der Waals surface area contributed by atoms with Gasteiger partial charge in [-0.25, -0.2) is 0 Å². The summed E-state index contributed by atoms with van der Waals surface area (Å²) in [6.07, 6.45) is 3.01. The number of carbonyl (C=O) groups is 1. The summed E-state index contributed by atoms with van der Waals surface area (Å²) in [6.45, 7) is 7.71. The van der Waals surface area contributed by atoms with Gasteiger partial charge in [0.2, 0.25) is 0 Å². The van der Waals surface area contributed by atoms with Crippen LogP contribution in [0.1, 0.15) is 33.1 Å². The molecule has 4 nitrogen and oxygen atoms in total. The topological polar surface area (TPSA) is 52.6 Å². The second-order valence-electron chi connectivity index (χ2n) is 5.83. The molecule has 0 aromatic heterocycles. The highest BCUT2D eigenvalue weighted by atomic mass is 16.4. The molecule has 1 saturated heterocycles. The Kier molecular flexibility index (Phi) is 4.05. The molecule has 4 heteroatoms. The van der Waals surface area contributed by atoms with Crippen molar-refractivity contribution in [3.63, 3.8) is 0 Å². The van der Waals surface area contributed by atoms with E-state index in [1.54, 1.807) is 0 Å². The van der Waals surface area contributed by atoms with Gasteiger partial charge >= 0.3 is 5.97 Å². The van der Waals surface area contributed by atoms with Gasteiger partial charge in [-0.1, -0.05) is 13.8 Å². The Hall–Kier alpha value is -0.610. The monoisotopic (exact) mass is 240 g/mol. The maximum Gasteiger partial charge on any atom is 0.320 e. The lowest BCUT2D eigenvalue weighted by Gasteiger charge is -2.19. The van der Waals surface area contributed by atoms with Crippen molar-refractivity contribution >= 4 is 5.97 Å². The van der Waals surface area contributed by atoms with Crippen LogP contribution in [0.15, 0.2) is 0 Å². The molecule has 2 aliphatic rings. The fourth-order valence-electron chi connectivity index (χ4n) is 2.56. The van der Waals surface area contributed by atoms with E-state index in [9.17, 15) is 4.79 Å². The lowest BCUT2D eigenvalue weighted by molar-refractivity contribution is -0.139. The SMILES string of the molecule is CC1CN(CCC(NC2CC2)C(=O)O)CC1C. The summed E-state index contributed by atoms with van der Waals surface area (Å²) in [4.78, 5) is 13.5. The lowest BCUT2D eigenvalue weighted by atomic mass is 10.0. The molecule has 2 fully saturated rings. The quantitative estimate of drug-likeness (QED) is 0.732. The number of nitrogens with one attached hydrogen (secondary N) is 1. The highest BCUT2D eigenvalue weighted by Crippen LogP contribution is 2.23. The van der Waals surface area contributed by atoms with Crippen molar-refractivity contribution in [3.05, 3.63) is 0 Å². The summed E-state index contributed by atoms with van der Waals surface area (Å²) in [6, 6.07) is 0.112. The Bertz CT molecular complexity index is 269. The molecule has 3 unspecified atom stereocenters. The molecule has 0 aromatic carbocycles. The molecular weight excluding hydrogens is 216 g/mol. The van der Waals surface area contributed by atoms with Crippen LogP contribution in [0.25, 0.3) is 0 Å². The van der Waals surface area contributed by atoms with Gasteiger partial charge in [0, 0.05) is 25.7 Å². The summed E-state index contributed by atoms with van der Waals surface area (Å²) in [5, 5.41) is 12.4. The average molecular weight is 240 g/mol. The largest absolute Gasteiger partial charge is 0.480 e. The Balaban J connectivity index is 1.73. The van der Waals surface area contributed by atoms with E-state index in [1.165, 1.54) is 0 Å². The third kappa shape index (κ3) is 3.68. The van der Waals surface area contributed by atoms with Crippen molar-refractivity contribution < 1.29 is 9.90 Å². The van der Waals surface area contributed by atoms with E-state index in [0.717, 1.165) is 50.7 Å². The molecule has 3 atom stereocenters. The van der Waals surface area contributed by atoms with E-state index < -0.39 is 5.97 Å². The summed E-state index contributed by atoms with van der Waals surface area (Å²) in [5.41, 5.74) is 0. The Morgan fingerprint density at radius 1 is 1.35 bits per heavy atom. The third-order valence-electron chi connectivity index (χ3n) is 4.11. The van der Waals surface area contributed by atoms with Gasteiger partial charge in [0.15, 0.2) is 0 Å². The van der Waals surface area contributed by atoms with Crippen molar-refractivity contribution in [3.8, 4) is 0 Å². The number of hydrogen-bond donors (Lipinski definition) is 2. The standard InChI is InChI=1S/C13H24N2O2/c1-9-7-15(8-10(9)2)6-5-12(13(16)17)14-11-3-4-11/h9-12,14H,3-8H2,1-2H3,(H,16,17). The number of likely N-dealkylation sites (tertiary alicyclic amines) is 1. The fraction of sp³-hybridized carbons (Fsp3) is 0.923. The first-order chi connectivity index (χ1) is 8.06. The first kappa shape index (κ1) is 12.8. The molecule has 2 rings (SSSR count). The molecule has 0 bridgehead atoms. The maximum absolute atomic E-state index is 11.1. The molecule has 1 aliphatic heterocycles. The smallest absolute Gasteiger partial charge is 0.320 e. The van der Waals surface area contributed by atoms with Crippen LogP contribution >= 0.6 is 0 Å². The Morgan fingerprint density at radius 3 is 2.41 bits per heavy atom. The van der Waals surface area contributed by atoms with Crippen molar-refractivity contribution in [2.75, 3.05) is 19.6 Å². The van der Waals surface area contributed by atoms with E-state index >= 15 is 0 Å². The maximum atomic E-state index is 11.1. The summed E-state index contributed by atoms with van der Waals surface area (Å²) in [7, 11) is 0. The van der Waals surface area contributed by atoms with Crippen molar-refractivity contribution in [1.82, 2.24) is 10.2 Å². The van der Waals surface area contributed by atoms with Gasteiger partial charge < -0.3 is 15.3 Å². The minimum absolute atomic E-state index is 0.353. The van der Waals surface area contributed by atoms with Crippen molar-refractivity contribution in [2.24, 2.45) is 11.8 Å². The van der Waals surface area contributed by atoms with Crippen molar-refractivity contribution in [2.45, 2.75) is 45.2 Å². The van der Waals surface area contributed by atoms with E-state index in [-0.39, 0.29) is 6.04 Å². The molecule has 2 N–H and O–H groups in total. The predicted molar refractivity (Wildman–Crippen MR) is 67.0 cm³/mol. The molecule has 1 aliphatic carbocycles.